The minimum absolute atomic E-state index is 0.0121. The maximum atomic E-state index is 11.9. The number of allylic oxidation sites excluding steroid dienone is 1. The van der Waals surface area contributed by atoms with E-state index in [2.05, 4.69) is 21.9 Å². The monoisotopic (exact) mass is 289 g/mol. The number of carbonyl (C=O) groups is 2. The fourth-order valence-corrected chi connectivity index (χ4v) is 2.87. The summed E-state index contributed by atoms with van der Waals surface area (Å²) >= 11 is 0. The van der Waals surface area contributed by atoms with Crippen LogP contribution in [0, 0.1) is 0 Å². The number of amides is 2. The van der Waals surface area contributed by atoms with Crippen molar-refractivity contribution in [3.05, 3.63) is 30.6 Å². The van der Waals surface area contributed by atoms with Gasteiger partial charge in [0.05, 0.1) is 19.3 Å². The molecule has 0 saturated carbocycles. The highest BCUT2D eigenvalue weighted by atomic mass is 16.2. The SMILES string of the molecule is C=CCn1cc(CN2CCN3C(=O)CNC(=O)[C@H]3C2)cn1. The Kier molecular flexibility index (Phi) is 3.74. The van der Waals surface area contributed by atoms with E-state index in [1.807, 2.05) is 17.1 Å². The van der Waals surface area contributed by atoms with Crippen LogP contribution in [0.5, 0.6) is 0 Å². The Morgan fingerprint density at radius 1 is 1.43 bits per heavy atom. The highest BCUT2D eigenvalue weighted by Crippen LogP contribution is 2.15. The first kappa shape index (κ1) is 13.8. The molecule has 3 rings (SSSR count). The predicted octanol–water partition coefficient (Wildman–Crippen LogP) is -0.788. The predicted molar refractivity (Wildman–Crippen MR) is 76.2 cm³/mol. The summed E-state index contributed by atoms with van der Waals surface area (Å²) in [7, 11) is 0. The van der Waals surface area contributed by atoms with E-state index in [1.54, 1.807) is 11.0 Å². The third-order valence-corrected chi connectivity index (χ3v) is 3.91. The molecule has 2 saturated heterocycles. The van der Waals surface area contributed by atoms with E-state index < -0.39 is 0 Å². The molecule has 2 amide bonds. The molecule has 0 radical (unpaired) electrons. The Labute approximate surface area is 123 Å². The van der Waals surface area contributed by atoms with Gasteiger partial charge in [-0.1, -0.05) is 6.08 Å². The van der Waals surface area contributed by atoms with Crippen molar-refractivity contribution in [2.24, 2.45) is 0 Å². The van der Waals surface area contributed by atoms with Gasteiger partial charge in [-0.2, -0.15) is 5.10 Å². The maximum Gasteiger partial charge on any atom is 0.244 e. The number of fused-ring (bicyclic) bond motifs is 1. The Hall–Kier alpha value is -2.15. The first-order chi connectivity index (χ1) is 10.2. The maximum absolute atomic E-state index is 11.9. The van der Waals surface area contributed by atoms with Crippen LogP contribution in [0.15, 0.2) is 25.0 Å². The largest absolute Gasteiger partial charge is 0.345 e. The van der Waals surface area contributed by atoms with E-state index in [0.29, 0.717) is 19.6 Å². The van der Waals surface area contributed by atoms with Crippen molar-refractivity contribution in [1.82, 2.24) is 24.9 Å². The van der Waals surface area contributed by atoms with Crippen LogP contribution in [0.2, 0.25) is 0 Å². The van der Waals surface area contributed by atoms with Crippen molar-refractivity contribution in [3.8, 4) is 0 Å². The first-order valence-corrected chi connectivity index (χ1v) is 7.09. The molecule has 2 aliphatic rings. The van der Waals surface area contributed by atoms with E-state index in [0.717, 1.165) is 18.7 Å². The minimum atomic E-state index is -0.358. The zero-order valence-corrected chi connectivity index (χ0v) is 11.9. The summed E-state index contributed by atoms with van der Waals surface area (Å²) in [5.41, 5.74) is 1.10. The van der Waals surface area contributed by atoms with Gasteiger partial charge in [0.25, 0.3) is 0 Å². The molecule has 7 heteroatoms. The molecule has 0 unspecified atom stereocenters. The molecule has 0 spiro atoms. The molecule has 2 fully saturated rings. The van der Waals surface area contributed by atoms with Crippen LogP contribution in [-0.2, 0) is 22.7 Å². The Balaban J connectivity index is 1.63. The fourth-order valence-electron chi connectivity index (χ4n) is 2.87. The number of nitrogens with one attached hydrogen (secondary N) is 1. The van der Waals surface area contributed by atoms with Crippen LogP contribution in [0.25, 0.3) is 0 Å². The highest BCUT2D eigenvalue weighted by Gasteiger charge is 2.38. The standard InChI is InChI=1S/C14H19N5O2/c1-2-3-18-9-11(6-16-18)8-17-4-5-19-12(10-17)14(21)15-7-13(19)20/h2,6,9,12H,1,3-5,7-8,10H2,(H,15,21)/t12-/m1/s1. The number of carbonyl (C=O) groups excluding carboxylic acids is 2. The van der Waals surface area contributed by atoms with Crippen LogP contribution in [-0.4, -0.2) is 63.6 Å². The first-order valence-electron chi connectivity index (χ1n) is 7.09. The van der Waals surface area contributed by atoms with E-state index in [1.165, 1.54) is 0 Å². The van der Waals surface area contributed by atoms with Crippen LogP contribution >= 0.6 is 0 Å². The summed E-state index contributed by atoms with van der Waals surface area (Å²) in [6.07, 6.45) is 5.62. The minimum Gasteiger partial charge on any atom is -0.345 e. The molecule has 1 N–H and O–H groups in total. The van der Waals surface area contributed by atoms with Gasteiger partial charge in [-0.3, -0.25) is 19.2 Å². The molecule has 0 aromatic carbocycles. The average molecular weight is 289 g/mol. The van der Waals surface area contributed by atoms with Gasteiger partial charge >= 0.3 is 0 Å². The molecule has 0 bridgehead atoms. The summed E-state index contributed by atoms with van der Waals surface area (Å²) in [5, 5.41) is 6.91. The van der Waals surface area contributed by atoms with Gasteiger partial charge in [0, 0.05) is 37.9 Å². The number of nitrogens with zero attached hydrogens (tertiary/aromatic N) is 4. The smallest absolute Gasteiger partial charge is 0.244 e. The van der Waals surface area contributed by atoms with Gasteiger partial charge in [0.15, 0.2) is 0 Å². The van der Waals surface area contributed by atoms with Crippen LogP contribution in [0.3, 0.4) is 0 Å². The van der Waals surface area contributed by atoms with Gasteiger partial charge in [0.1, 0.15) is 6.04 Å². The normalized spacial score (nSPS) is 22.9. The number of hydrogen-bond donors (Lipinski definition) is 1. The average Bonchev–Trinajstić information content (AvgIpc) is 2.91. The van der Waals surface area contributed by atoms with Crippen LogP contribution in [0.4, 0.5) is 0 Å². The summed E-state index contributed by atoms with van der Waals surface area (Å²) in [4.78, 5) is 27.6. The molecule has 1 atom stereocenters. The van der Waals surface area contributed by atoms with E-state index in [4.69, 9.17) is 0 Å². The zero-order valence-electron chi connectivity index (χ0n) is 11.9. The number of aromatic nitrogens is 2. The second-order valence-corrected chi connectivity index (χ2v) is 5.42. The van der Waals surface area contributed by atoms with Crippen molar-refractivity contribution >= 4 is 11.8 Å². The Morgan fingerprint density at radius 2 is 2.29 bits per heavy atom. The Morgan fingerprint density at radius 3 is 3.10 bits per heavy atom. The van der Waals surface area contributed by atoms with E-state index in [-0.39, 0.29) is 24.4 Å². The number of rotatable bonds is 4. The molecular weight excluding hydrogens is 270 g/mol. The lowest BCUT2D eigenvalue weighted by atomic mass is 10.1. The third-order valence-electron chi connectivity index (χ3n) is 3.91. The van der Waals surface area contributed by atoms with Crippen LogP contribution in [0.1, 0.15) is 5.56 Å². The van der Waals surface area contributed by atoms with Crippen molar-refractivity contribution in [3.63, 3.8) is 0 Å². The summed E-state index contributed by atoms with van der Waals surface area (Å²) in [6.45, 7) is 7.21. The second kappa shape index (κ2) is 5.69. The summed E-state index contributed by atoms with van der Waals surface area (Å²) in [5.74, 6) is -0.0419. The highest BCUT2D eigenvalue weighted by molar-refractivity contribution is 5.95. The molecule has 21 heavy (non-hydrogen) atoms. The van der Waals surface area contributed by atoms with Crippen molar-refractivity contribution in [1.29, 1.82) is 0 Å². The molecule has 112 valence electrons. The van der Waals surface area contributed by atoms with Gasteiger partial charge < -0.3 is 10.2 Å². The summed E-state index contributed by atoms with van der Waals surface area (Å²) in [6, 6.07) is -0.358. The molecule has 1 aromatic rings. The lowest BCUT2D eigenvalue weighted by molar-refractivity contribution is -0.149. The summed E-state index contributed by atoms with van der Waals surface area (Å²) < 4.78 is 1.83. The molecule has 3 heterocycles. The molecule has 7 nitrogen and oxygen atoms in total. The van der Waals surface area contributed by atoms with Crippen molar-refractivity contribution < 1.29 is 9.59 Å². The van der Waals surface area contributed by atoms with Gasteiger partial charge in [-0.05, 0) is 0 Å². The quantitative estimate of drug-likeness (QED) is 0.738. The van der Waals surface area contributed by atoms with Gasteiger partial charge in [-0.25, -0.2) is 0 Å². The number of piperazine rings is 2. The van der Waals surface area contributed by atoms with Crippen LogP contribution < -0.4 is 5.32 Å². The molecule has 0 aliphatic carbocycles. The second-order valence-electron chi connectivity index (χ2n) is 5.42. The van der Waals surface area contributed by atoms with E-state index in [9.17, 15) is 9.59 Å². The fraction of sp³-hybridized carbons (Fsp3) is 0.500. The van der Waals surface area contributed by atoms with Crippen molar-refractivity contribution in [2.45, 2.75) is 19.1 Å². The zero-order chi connectivity index (χ0) is 14.8. The topological polar surface area (TPSA) is 70.5 Å². The lowest BCUT2D eigenvalue weighted by Crippen LogP contribution is -2.65. The lowest BCUT2D eigenvalue weighted by Gasteiger charge is -2.42. The Bertz CT molecular complexity index is 567. The molecular formula is C14H19N5O2. The van der Waals surface area contributed by atoms with Crippen molar-refractivity contribution in [2.75, 3.05) is 26.2 Å². The third kappa shape index (κ3) is 2.82. The molecule has 2 aliphatic heterocycles. The van der Waals surface area contributed by atoms with Gasteiger partial charge in [0.2, 0.25) is 11.8 Å². The van der Waals surface area contributed by atoms with Gasteiger partial charge in [-0.15, -0.1) is 6.58 Å². The van der Waals surface area contributed by atoms with E-state index >= 15 is 0 Å². The molecule has 1 aromatic heterocycles. The number of hydrogen-bond acceptors (Lipinski definition) is 4.